The predicted molar refractivity (Wildman–Crippen MR) is 81.2 cm³/mol. The summed E-state index contributed by atoms with van der Waals surface area (Å²) in [5.74, 6) is 0.501. The molecule has 1 aliphatic carbocycles. The van der Waals surface area contributed by atoms with Crippen LogP contribution in [0.1, 0.15) is 56.2 Å². The van der Waals surface area contributed by atoms with Gasteiger partial charge in [-0.3, -0.25) is 0 Å². The molecule has 0 radical (unpaired) electrons. The standard InChI is InChI=1S/C18H25NO/c1-13-6-5-7-18(11-13,12-19)17(4,20)16-9-14(2)8-15(3)10-16/h8-10,13,20H,5-7,11H2,1-4H3. The molecular weight excluding hydrogens is 246 g/mol. The SMILES string of the molecule is Cc1cc(C)cc(C(C)(O)C2(C#N)CCCC(C)C2)c1. The van der Waals surface area contributed by atoms with Crippen LogP contribution in [-0.2, 0) is 5.60 Å². The Hall–Kier alpha value is -1.33. The van der Waals surface area contributed by atoms with Crippen molar-refractivity contribution in [3.8, 4) is 6.07 Å². The van der Waals surface area contributed by atoms with Gasteiger partial charge in [-0.2, -0.15) is 5.26 Å². The molecule has 0 saturated heterocycles. The third kappa shape index (κ3) is 2.47. The number of hydrogen-bond acceptors (Lipinski definition) is 2. The lowest BCUT2D eigenvalue weighted by molar-refractivity contribution is -0.0720. The molecule has 2 heteroatoms. The maximum absolute atomic E-state index is 11.2. The number of hydrogen-bond donors (Lipinski definition) is 1. The van der Waals surface area contributed by atoms with Crippen LogP contribution in [0.3, 0.4) is 0 Å². The van der Waals surface area contributed by atoms with Crippen LogP contribution in [0, 0.1) is 36.5 Å². The van der Waals surface area contributed by atoms with E-state index in [1.807, 2.05) is 32.9 Å². The molecule has 3 atom stereocenters. The summed E-state index contributed by atoms with van der Waals surface area (Å²) in [6, 6.07) is 8.61. The highest BCUT2D eigenvalue weighted by Crippen LogP contribution is 2.51. The lowest BCUT2D eigenvalue weighted by atomic mass is 9.60. The second-order valence-corrected chi connectivity index (χ2v) is 6.84. The Kier molecular flexibility index (Phi) is 3.93. The zero-order valence-corrected chi connectivity index (χ0v) is 13.0. The van der Waals surface area contributed by atoms with Gasteiger partial charge >= 0.3 is 0 Å². The summed E-state index contributed by atoms with van der Waals surface area (Å²) < 4.78 is 0. The molecule has 1 aromatic carbocycles. The van der Waals surface area contributed by atoms with Gasteiger partial charge in [-0.25, -0.2) is 0 Å². The van der Waals surface area contributed by atoms with E-state index in [0.717, 1.165) is 42.4 Å². The minimum atomic E-state index is -1.09. The first-order valence-corrected chi connectivity index (χ1v) is 7.53. The second-order valence-electron chi connectivity index (χ2n) is 6.84. The minimum Gasteiger partial charge on any atom is -0.384 e. The monoisotopic (exact) mass is 271 g/mol. The molecule has 0 heterocycles. The number of aliphatic hydroxyl groups is 1. The van der Waals surface area contributed by atoms with E-state index in [-0.39, 0.29) is 0 Å². The van der Waals surface area contributed by atoms with Crippen LogP contribution in [0.25, 0.3) is 0 Å². The Morgan fingerprint density at radius 2 is 1.90 bits per heavy atom. The summed E-state index contributed by atoms with van der Waals surface area (Å²) in [6.07, 6.45) is 3.75. The van der Waals surface area contributed by atoms with E-state index in [1.54, 1.807) is 0 Å². The van der Waals surface area contributed by atoms with Crippen molar-refractivity contribution in [1.82, 2.24) is 0 Å². The molecule has 1 aliphatic rings. The maximum atomic E-state index is 11.2. The Morgan fingerprint density at radius 3 is 2.40 bits per heavy atom. The van der Waals surface area contributed by atoms with E-state index < -0.39 is 11.0 Å². The first-order chi connectivity index (χ1) is 9.30. The van der Waals surface area contributed by atoms with Crippen LogP contribution in [0.2, 0.25) is 0 Å². The van der Waals surface area contributed by atoms with Crippen LogP contribution in [0.4, 0.5) is 0 Å². The molecule has 0 amide bonds. The highest BCUT2D eigenvalue weighted by Gasteiger charge is 2.50. The van der Waals surface area contributed by atoms with Crippen molar-refractivity contribution in [3.63, 3.8) is 0 Å². The smallest absolute Gasteiger partial charge is 0.105 e. The average molecular weight is 271 g/mol. The van der Waals surface area contributed by atoms with Crippen LogP contribution < -0.4 is 0 Å². The quantitative estimate of drug-likeness (QED) is 0.874. The average Bonchev–Trinajstić information content (AvgIpc) is 2.37. The third-order valence-corrected chi connectivity index (χ3v) is 4.93. The minimum absolute atomic E-state index is 0.501. The molecular formula is C18H25NO. The Morgan fingerprint density at radius 1 is 1.30 bits per heavy atom. The van der Waals surface area contributed by atoms with Gasteiger partial charge in [-0.05, 0) is 45.1 Å². The van der Waals surface area contributed by atoms with Gasteiger partial charge in [-0.1, -0.05) is 49.1 Å². The molecule has 0 spiro atoms. The van der Waals surface area contributed by atoms with E-state index in [0.29, 0.717) is 5.92 Å². The molecule has 20 heavy (non-hydrogen) atoms. The maximum Gasteiger partial charge on any atom is 0.105 e. The van der Waals surface area contributed by atoms with Crippen molar-refractivity contribution in [3.05, 3.63) is 34.9 Å². The van der Waals surface area contributed by atoms with Crippen LogP contribution in [-0.4, -0.2) is 5.11 Å². The number of aryl methyl sites for hydroxylation is 2. The molecule has 0 bridgehead atoms. The van der Waals surface area contributed by atoms with Crippen molar-refractivity contribution < 1.29 is 5.11 Å². The topological polar surface area (TPSA) is 44.0 Å². The lowest BCUT2D eigenvalue weighted by Crippen LogP contribution is -2.45. The molecule has 3 unspecified atom stereocenters. The molecule has 1 fully saturated rings. The fraction of sp³-hybridized carbons (Fsp3) is 0.611. The van der Waals surface area contributed by atoms with Gasteiger partial charge < -0.3 is 5.11 Å². The predicted octanol–water partition coefficient (Wildman–Crippen LogP) is 4.23. The zero-order valence-electron chi connectivity index (χ0n) is 13.0. The van der Waals surface area contributed by atoms with Gasteiger partial charge in [0.1, 0.15) is 5.60 Å². The van der Waals surface area contributed by atoms with Crippen LogP contribution >= 0.6 is 0 Å². The van der Waals surface area contributed by atoms with Gasteiger partial charge in [0.25, 0.3) is 0 Å². The third-order valence-electron chi connectivity index (χ3n) is 4.93. The van der Waals surface area contributed by atoms with Crippen molar-refractivity contribution >= 4 is 0 Å². The summed E-state index contributed by atoms with van der Waals surface area (Å²) >= 11 is 0. The summed E-state index contributed by atoms with van der Waals surface area (Å²) in [6.45, 7) is 8.08. The van der Waals surface area contributed by atoms with Crippen molar-refractivity contribution in [2.75, 3.05) is 0 Å². The summed E-state index contributed by atoms with van der Waals surface area (Å²) in [5, 5.41) is 21.0. The molecule has 0 aliphatic heterocycles. The fourth-order valence-corrected chi connectivity index (χ4v) is 3.74. The molecule has 2 rings (SSSR count). The molecule has 1 aromatic rings. The van der Waals surface area contributed by atoms with Gasteiger partial charge in [0, 0.05) is 0 Å². The molecule has 0 aromatic heterocycles. The summed E-state index contributed by atoms with van der Waals surface area (Å²) in [5.41, 5.74) is 1.40. The Bertz CT molecular complexity index is 521. The molecule has 108 valence electrons. The number of rotatable bonds is 2. The van der Waals surface area contributed by atoms with Crippen molar-refractivity contribution in [2.45, 2.75) is 59.0 Å². The van der Waals surface area contributed by atoms with Gasteiger partial charge in [0.05, 0.1) is 11.5 Å². The van der Waals surface area contributed by atoms with Crippen molar-refractivity contribution in [2.24, 2.45) is 11.3 Å². The first kappa shape index (κ1) is 15.1. The number of benzene rings is 1. The fourth-order valence-electron chi connectivity index (χ4n) is 3.74. The highest BCUT2D eigenvalue weighted by atomic mass is 16.3. The summed E-state index contributed by atoms with van der Waals surface area (Å²) in [4.78, 5) is 0. The van der Waals surface area contributed by atoms with E-state index in [4.69, 9.17) is 0 Å². The van der Waals surface area contributed by atoms with E-state index in [2.05, 4.69) is 19.1 Å². The van der Waals surface area contributed by atoms with E-state index >= 15 is 0 Å². The van der Waals surface area contributed by atoms with Gasteiger partial charge in [-0.15, -0.1) is 0 Å². The number of nitrogens with zero attached hydrogens (tertiary/aromatic N) is 1. The molecule has 1 N–H and O–H groups in total. The normalized spacial score (nSPS) is 29.5. The Labute approximate surface area is 122 Å². The Balaban J connectivity index is 2.48. The highest BCUT2D eigenvalue weighted by molar-refractivity contribution is 5.35. The molecule has 2 nitrogen and oxygen atoms in total. The molecule has 1 saturated carbocycles. The van der Waals surface area contributed by atoms with E-state index in [1.165, 1.54) is 0 Å². The summed E-state index contributed by atoms with van der Waals surface area (Å²) in [7, 11) is 0. The van der Waals surface area contributed by atoms with Crippen molar-refractivity contribution in [1.29, 1.82) is 5.26 Å². The zero-order chi connectivity index (χ0) is 15.0. The van der Waals surface area contributed by atoms with Crippen LogP contribution in [0.5, 0.6) is 0 Å². The van der Waals surface area contributed by atoms with Gasteiger partial charge in [0.15, 0.2) is 0 Å². The second kappa shape index (κ2) is 5.22. The largest absolute Gasteiger partial charge is 0.384 e. The number of nitriles is 1. The van der Waals surface area contributed by atoms with E-state index in [9.17, 15) is 10.4 Å². The van der Waals surface area contributed by atoms with Crippen LogP contribution in [0.15, 0.2) is 18.2 Å². The lowest BCUT2D eigenvalue weighted by Gasteiger charge is -2.45. The van der Waals surface area contributed by atoms with Gasteiger partial charge in [0.2, 0.25) is 0 Å². The first-order valence-electron chi connectivity index (χ1n) is 7.53.